The average Bonchev–Trinajstić information content (AvgIpc) is 2.45. The summed E-state index contributed by atoms with van der Waals surface area (Å²) in [6, 6.07) is 11.6. The highest BCUT2D eigenvalue weighted by Crippen LogP contribution is 2.34. The van der Waals surface area contributed by atoms with Gasteiger partial charge in [-0.25, -0.2) is 0 Å². The highest BCUT2D eigenvalue weighted by molar-refractivity contribution is 6.31. The normalized spacial score (nSPS) is 13.0. The van der Waals surface area contributed by atoms with Crippen molar-refractivity contribution < 1.29 is 18.0 Å². The van der Waals surface area contributed by atoms with Crippen LogP contribution in [0.15, 0.2) is 48.5 Å². The van der Waals surface area contributed by atoms with Crippen LogP contribution in [-0.2, 0) is 0 Å². The Bertz CT molecular complexity index is 649. The fraction of sp³-hybridized carbons (Fsp3) is 0.188. The van der Waals surface area contributed by atoms with Gasteiger partial charge in [-0.1, -0.05) is 35.3 Å². The molecule has 0 radical (unpaired) electrons. The quantitative estimate of drug-likeness (QED) is 0.628. The van der Waals surface area contributed by atoms with Crippen LogP contribution in [0.5, 0.6) is 0 Å². The Morgan fingerprint density at radius 1 is 0.909 bits per heavy atom. The van der Waals surface area contributed by atoms with Crippen LogP contribution < -0.4 is 0 Å². The van der Waals surface area contributed by atoms with E-state index in [1.54, 1.807) is 0 Å². The molecule has 0 spiro atoms. The van der Waals surface area contributed by atoms with Gasteiger partial charge in [-0.05, 0) is 42.0 Å². The Kier molecular flexibility index (Phi) is 5.14. The molecule has 0 aliphatic rings. The number of ketones is 1. The molecule has 2 rings (SSSR count). The van der Waals surface area contributed by atoms with Crippen molar-refractivity contribution >= 4 is 29.0 Å². The van der Waals surface area contributed by atoms with Crippen molar-refractivity contribution in [3.8, 4) is 0 Å². The summed E-state index contributed by atoms with van der Waals surface area (Å²) >= 11 is 11.5. The number of Topliss-reactive ketones (excluding diaryl/α,β-unsaturated/α-hetero) is 1. The van der Waals surface area contributed by atoms with Crippen molar-refractivity contribution in [2.24, 2.45) is 0 Å². The van der Waals surface area contributed by atoms with E-state index in [2.05, 4.69) is 0 Å². The zero-order valence-corrected chi connectivity index (χ0v) is 12.7. The number of rotatable bonds is 4. The molecule has 0 heterocycles. The van der Waals surface area contributed by atoms with Gasteiger partial charge in [0, 0.05) is 15.6 Å². The lowest BCUT2D eigenvalue weighted by Crippen LogP contribution is -2.21. The Labute approximate surface area is 135 Å². The topological polar surface area (TPSA) is 17.1 Å². The van der Waals surface area contributed by atoms with Gasteiger partial charge < -0.3 is 0 Å². The van der Waals surface area contributed by atoms with Gasteiger partial charge >= 0.3 is 6.18 Å². The first kappa shape index (κ1) is 16.8. The van der Waals surface area contributed by atoms with E-state index >= 15 is 0 Å². The largest absolute Gasteiger partial charge is 0.390 e. The zero-order valence-electron chi connectivity index (χ0n) is 11.2. The molecule has 0 bridgehead atoms. The van der Waals surface area contributed by atoms with Crippen LogP contribution in [-0.4, -0.2) is 12.0 Å². The molecule has 0 saturated carbocycles. The molecule has 1 atom stereocenters. The van der Waals surface area contributed by atoms with Gasteiger partial charge in [-0.15, -0.1) is 0 Å². The third-order valence-electron chi connectivity index (χ3n) is 3.15. The second-order valence-corrected chi connectivity index (χ2v) is 5.67. The lowest BCUT2D eigenvalue weighted by molar-refractivity contribution is -0.136. The van der Waals surface area contributed by atoms with Crippen LogP contribution in [0.3, 0.4) is 0 Å². The van der Waals surface area contributed by atoms with Crippen molar-refractivity contribution in [1.29, 1.82) is 0 Å². The van der Waals surface area contributed by atoms with E-state index in [0.29, 0.717) is 10.0 Å². The van der Waals surface area contributed by atoms with Crippen molar-refractivity contribution in [2.75, 3.05) is 0 Å². The monoisotopic (exact) mass is 346 g/mol. The molecule has 0 aliphatic heterocycles. The minimum absolute atomic E-state index is 0.189. The van der Waals surface area contributed by atoms with Gasteiger partial charge in [-0.2, -0.15) is 13.2 Å². The molecule has 6 heteroatoms. The minimum atomic E-state index is -4.45. The molecule has 0 fully saturated rings. The van der Waals surface area contributed by atoms with Crippen molar-refractivity contribution in [2.45, 2.75) is 18.5 Å². The molecule has 1 nitrogen and oxygen atoms in total. The van der Waals surface area contributed by atoms with E-state index in [1.165, 1.54) is 48.5 Å². The molecule has 0 N–H and O–H groups in total. The first-order valence-corrected chi connectivity index (χ1v) is 7.14. The number of hydrogen-bond acceptors (Lipinski definition) is 1. The third-order valence-corrected chi connectivity index (χ3v) is 3.66. The van der Waals surface area contributed by atoms with Crippen LogP contribution >= 0.6 is 23.2 Å². The predicted molar refractivity (Wildman–Crippen MR) is 80.6 cm³/mol. The van der Waals surface area contributed by atoms with Gasteiger partial charge in [0.2, 0.25) is 0 Å². The van der Waals surface area contributed by atoms with E-state index in [1.807, 2.05) is 0 Å². The first-order chi connectivity index (χ1) is 10.3. The second-order valence-electron chi connectivity index (χ2n) is 4.79. The maximum atomic E-state index is 12.8. The second kappa shape index (κ2) is 6.71. The summed E-state index contributed by atoms with van der Waals surface area (Å²) in [4.78, 5) is 12.4. The van der Waals surface area contributed by atoms with Crippen molar-refractivity contribution in [3.05, 3.63) is 69.7 Å². The lowest BCUT2D eigenvalue weighted by atomic mass is 9.88. The molecule has 0 aliphatic carbocycles. The summed E-state index contributed by atoms with van der Waals surface area (Å²) in [5.74, 6) is -1.91. The first-order valence-electron chi connectivity index (χ1n) is 6.38. The average molecular weight is 347 g/mol. The van der Waals surface area contributed by atoms with Gasteiger partial charge in [0.15, 0.2) is 5.78 Å². The van der Waals surface area contributed by atoms with Gasteiger partial charge in [-0.3, -0.25) is 4.79 Å². The fourth-order valence-corrected chi connectivity index (χ4v) is 2.36. The molecule has 2 aromatic rings. The summed E-state index contributed by atoms with van der Waals surface area (Å²) in [6.45, 7) is 0. The molecule has 0 aromatic heterocycles. The number of benzene rings is 2. The maximum absolute atomic E-state index is 12.8. The van der Waals surface area contributed by atoms with Crippen molar-refractivity contribution in [1.82, 2.24) is 0 Å². The van der Waals surface area contributed by atoms with Crippen LogP contribution in [0.25, 0.3) is 0 Å². The molecule has 116 valence electrons. The Morgan fingerprint density at radius 3 is 1.82 bits per heavy atom. The Hall–Kier alpha value is -1.52. The summed E-state index contributed by atoms with van der Waals surface area (Å²) in [5.41, 5.74) is 0.468. The number of alkyl halides is 3. The molecule has 22 heavy (non-hydrogen) atoms. The van der Waals surface area contributed by atoms with Gasteiger partial charge in [0.1, 0.15) is 0 Å². The molecule has 0 amide bonds. The lowest BCUT2D eigenvalue weighted by Gasteiger charge is -2.18. The van der Waals surface area contributed by atoms with E-state index < -0.39 is 24.3 Å². The molecular weight excluding hydrogens is 336 g/mol. The van der Waals surface area contributed by atoms with Gasteiger partial charge in [0.05, 0.1) is 12.3 Å². The summed E-state index contributed by atoms with van der Waals surface area (Å²) in [6.07, 6.45) is -5.68. The molecule has 2 aromatic carbocycles. The number of carbonyl (C=O) groups is 1. The predicted octanol–water partition coefficient (Wildman–Crippen LogP) is 5.91. The SMILES string of the molecule is O=C(c1ccc(Cl)cc1)C(CC(F)(F)F)c1ccc(Cl)cc1. The van der Waals surface area contributed by atoms with Crippen LogP contribution in [0.4, 0.5) is 13.2 Å². The summed E-state index contributed by atoms with van der Waals surface area (Å²) < 4.78 is 38.4. The van der Waals surface area contributed by atoms with E-state index in [9.17, 15) is 18.0 Å². The molecule has 0 saturated heterocycles. The van der Waals surface area contributed by atoms with Crippen LogP contribution in [0, 0.1) is 0 Å². The highest BCUT2D eigenvalue weighted by Gasteiger charge is 2.36. The summed E-state index contributed by atoms with van der Waals surface area (Å²) in [7, 11) is 0. The maximum Gasteiger partial charge on any atom is 0.390 e. The standard InChI is InChI=1S/C16H11Cl2F3O/c17-12-5-1-10(2-6-12)14(9-16(19,20)21)15(22)11-3-7-13(18)8-4-11/h1-8,14H,9H2. The molecular formula is C16H11Cl2F3O. The number of hydrogen-bond donors (Lipinski definition) is 0. The Morgan fingerprint density at radius 2 is 1.36 bits per heavy atom. The van der Waals surface area contributed by atoms with Crippen LogP contribution in [0.1, 0.15) is 28.3 Å². The van der Waals surface area contributed by atoms with Gasteiger partial charge in [0.25, 0.3) is 0 Å². The minimum Gasteiger partial charge on any atom is -0.293 e. The molecule has 1 unspecified atom stereocenters. The smallest absolute Gasteiger partial charge is 0.293 e. The Balaban J connectivity index is 2.37. The third kappa shape index (κ3) is 4.49. The van der Waals surface area contributed by atoms with E-state index in [-0.39, 0.29) is 11.1 Å². The van der Waals surface area contributed by atoms with E-state index in [4.69, 9.17) is 23.2 Å². The van der Waals surface area contributed by atoms with E-state index in [0.717, 1.165) is 0 Å². The van der Waals surface area contributed by atoms with Crippen molar-refractivity contribution in [3.63, 3.8) is 0 Å². The number of halogens is 5. The summed E-state index contributed by atoms with van der Waals surface area (Å²) in [5, 5.41) is 0.809. The zero-order chi connectivity index (χ0) is 16.3. The highest BCUT2D eigenvalue weighted by atomic mass is 35.5. The fourth-order valence-electron chi connectivity index (χ4n) is 2.10. The van der Waals surface area contributed by atoms with Crippen LogP contribution in [0.2, 0.25) is 10.0 Å². The number of carbonyl (C=O) groups excluding carboxylic acids is 1.